The van der Waals surface area contributed by atoms with Crippen LogP contribution in [0, 0.1) is 19.7 Å². The lowest BCUT2D eigenvalue weighted by molar-refractivity contribution is 0.208. The van der Waals surface area contributed by atoms with E-state index in [0.29, 0.717) is 49.1 Å². The van der Waals surface area contributed by atoms with Gasteiger partial charge in [0.2, 0.25) is 0 Å². The molecule has 1 aromatic carbocycles. The van der Waals surface area contributed by atoms with Gasteiger partial charge in [-0.05, 0) is 32.0 Å². The van der Waals surface area contributed by atoms with E-state index in [0.717, 1.165) is 5.82 Å². The Kier molecular flexibility index (Phi) is 5.11. The van der Waals surface area contributed by atoms with Crippen molar-refractivity contribution < 1.29 is 9.18 Å². The molecule has 1 saturated heterocycles. The maximum absolute atomic E-state index is 13.7. The van der Waals surface area contributed by atoms with Gasteiger partial charge in [0.05, 0.1) is 0 Å². The third kappa shape index (κ3) is 4.03. The first-order chi connectivity index (χ1) is 14.0. The van der Waals surface area contributed by atoms with E-state index in [2.05, 4.69) is 25.3 Å². The molecule has 8 nitrogen and oxygen atoms in total. The Balaban J connectivity index is 1.42. The number of carbonyl (C=O) groups is 1. The first-order valence-electron chi connectivity index (χ1n) is 9.43. The fourth-order valence-electron chi connectivity index (χ4n) is 3.30. The zero-order valence-corrected chi connectivity index (χ0v) is 16.3. The fraction of sp³-hybridized carbons (Fsp3) is 0.300. The molecule has 0 radical (unpaired) electrons. The maximum atomic E-state index is 13.7. The minimum Gasteiger partial charge on any atom is -0.353 e. The van der Waals surface area contributed by atoms with Crippen LogP contribution in [-0.2, 0) is 0 Å². The summed E-state index contributed by atoms with van der Waals surface area (Å²) in [5.41, 5.74) is 0.926. The standard InChI is InChI=1S/C20H22FN7O/c1-14-16(21)5-3-6-17(14)25-20(29)27-11-9-26(10-12-27)18-13-19(24-15(2)23-18)28-8-4-7-22-28/h3-8,13H,9-12H2,1-2H3,(H,25,29). The van der Waals surface area contributed by atoms with Crippen molar-refractivity contribution in [3.63, 3.8) is 0 Å². The van der Waals surface area contributed by atoms with Gasteiger partial charge in [-0.2, -0.15) is 5.10 Å². The van der Waals surface area contributed by atoms with Crippen LogP contribution in [0.25, 0.3) is 5.82 Å². The number of piperazine rings is 1. The lowest BCUT2D eigenvalue weighted by Crippen LogP contribution is -2.50. The Morgan fingerprint density at radius 1 is 1.07 bits per heavy atom. The van der Waals surface area contributed by atoms with E-state index >= 15 is 0 Å². The van der Waals surface area contributed by atoms with Crippen molar-refractivity contribution in [2.45, 2.75) is 13.8 Å². The molecular formula is C20H22FN7O. The number of hydrogen-bond acceptors (Lipinski definition) is 5. The molecule has 2 aromatic heterocycles. The van der Waals surface area contributed by atoms with Gasteiger partial charge in [0.1, 0.15) is 17.5 Å². The minimum atomic E-state index is -0.334. The number of aromatic nitrogens is 4. The minimum absolute atomic E-state index is 0.227. The molecule has 0 bridgehead atoms. The van der Waals surface area contributed by atoms with Crippen LogP contribution in [0.2, 0.25) is 0 Å². The molecule has 150 valence electrons. The molecule has 0 aliphatic carbocycles. The van der Waals surface area contributed by atoms with Crippen LogP contribution >= 0.6 is 0 Å². The Morgan fingerprint density at radius 3 is 2.55 bits per heavy atom. The second-order valence-corrected chi connectivity index (χ2v) is 6.90. The van der Waals surface area contributed by atoms with Crippen LogP contribution in [0.1, 0.15) is 11.4 Å². The normalized spacial score (nSPS) is 14.2. The molecule has 1 N–H and O–H groups in total. The lowest BCUT2D eigenvalue weighted by atomic mass is 10.2. The number of nitrogens with zero attached hydrogens (tertiary/aromatic N) is 6. The predicted molar refractivity (Wildman–Crippen MR) is 108 cm³/mol. The van der Waals surface area contributed by atoms with Crippen LogP contribution in [0.4, 0.5) is 20.7 Å². The second kappa shape index (κ2) is 7.86. The second-order valence-electron chi connectivity index (χ2n) is 6.90. The topological polar surface area (TPSA) is 79.2 Å². The number of halogens is 1. The van der Waals surface area contributed by atoms with E-state index in [1.54, 1.807) is 34.8 Å². The molecule has 0 unspecified atom stereocenters. The summed E-state index contributed by atoms with van der Waals surface area (Å²) in [6.07, 6.45) is 3.54. The number of rotatable bonds is 3. The van der Waals surface area contributed by atoms with Crippen LogP contribution in [0.3, 0.4) is 0 Å². The van der Waals surface area contributed by atoms with Gasteiger partial charge in [-0.25, -0.2) is 23.8 Å². The Bertz CT molecular complexity index is 1010. The summed E-state index contributed by atoms with van der Waals surface area (Å²) in [6.45, 7) is 5.87. The van der Waals surface area contributed by atoms with Gasteiger partial charge in [-0.1, -0.05) is 6.07 Å². The number of aryl methyl sites for hydroxylation is 1. The highest BCUT2D eigenvalue weighted by Crippen LogP contribution is 2.20. The van der Waals surface area contributed by atoms with Crippen LogP contribution < -0.4 is 10.2 Å². The SMILES string of the molecule is Cc1nc(N2CCN(C(=O)Nc3cccc(F)c3C)CC2)cc(-n2cccn2)n1. The molecule has 1 fully saturated rings. The van der Waals surface area contributed by atoms with E-state index < -0.39 is 0 Å². The average Bonchev–Trinajstić information content (AvgIpc) is 3.26. The number of amides is 2. The van der Waals surface area contributed by atoms with Crippen molar-refractivity contribution in [1.82, 2.24) is 24.6 Å². The molecule has 1 aliphatic heterocycles. The molecule has 0 spiro atoms. The molecule has 3 heterocycles. The molecule has 0 atom stereocenters. The fourth-order valence-corrected chi connectivity index (χ4v) is 3.30. The van der Waals surface area contributed by atoms with Crippen molar-refractivity contribution in [3.05, 3.63) is 59.9 Å². The predicted octanol–water partition coefficient (Wildman–Crippen LogP) is 2.77. The highest BCUT2D eigenvalue weighted by molar-refractivity contribution is 5.90. The summed E-state index contributed by atoms with van der Waals surface area (Å²) in [6, 6.07) is 8.18. The van der Waals surface area contributed by atoms with Gasteiger partial charge < -0.3 is 15.1 Å². The highest BCUT2D eigenvalue weighted by Gasteiger charge is 2.23. The summed E-state index contributed by atoms with van der Waals surface area (Å²) in [5, 5.41) is 7.03. The Labute approximate surface area is 168 Å². The summed E-state index contributed by atoms with van der Waals surface area (Å²) in [7, 11) is 0. The molecule has 0 saturated carbocycles. The Hall–Kier alpha value is -3.49. The number of anilines is 2. The zero-order chi connectivity index (χ0) is 20.4. The zero-order valence-electron chi connectivity index (χ0n) is 16.3. The van der Waals surface area contributed by atoms with E-state index in [-0.39, 0.29) is 11.8 Å². The van der Waals surface area contributed by atoms with Gasteiger partial charge >= 0.3 is 6.03 Å². The van der Waals surface area contributed by atoms with Crippen molar-refractivity contribution in [2.24, 2.45) is 0 Å². The first kappa shape index (κ1) is 18.9. The molecular weight excluding hydrogens is 373 g/mol. The molecule has 9 heteroatoms. The van der Waals surface area contributed by atoms with Crippen molar-refractivity contribution >= 4 is 17.5 Å². The molecule has 1 aliphatic rings. The lowest BCUT2D eigenvalue weighted by Gasteiger charge is -2.35. The number of hydrogen-bond donors (Lipinski definition) is 1. The van der Waals surface area contributed by atoms with Crippen LogP contribution in [0.15, 0.2) is 42.7 Å². The highest BCUT2D eigenvalue weighted by atomic mass is 19.1. The quantitative estimate of drug-likeness (QED) is 0.738. The number of urea groups is 1. The summed E-state index contributed by atoms with van der Waals surface area (Å²) in [4.78, 5) is 25.4. The number of benzene rings is 1. The third-order valence-corrected chi connectivity index (χ3v) is 4.95. The van der Waals surface area contributed by atoms with Crippen molar-refractivity contribution in [1.29, 1.82) is 0 Å². The maximum Gasteiger partial charge on any atom is 0.321 e. The van der Waals surface area contributed by atoms with Gasteiger partial charge in [-0.3, -0.25) is 0 Å². The van der Waals surface area contributed by atoms with Gasteiger partial charge in [0.25, 0.3) is 0 Å². The molecule has 2 amide bonds. The van der Waals surface area contributed by atoms with Gasteiger partial charge in [0.15, 0.2) is 5.82 Å². The number of carbonyl (C=O) groups excluding carboxylic acids is 1. The van der Waals surface area contributed by atoms with Gasteiger partial charge in [-0.15, -0.1) is 0 Å². The van der Waals surface area contributed by atoms with E-state index in [9.17, 15) is 9.18 Å². The summed E-state index contributed by atoms with van der Waals surface area (Å²) >= 11 is 0. The summed E-state index contributed by atoms with van der Waals surface area (Å²) < 4.78 is 15.4. The average molecular weight is 395 g/mol. The van der Waals surface area contributed by atoms with Crippen molar-refractivity contribution in [2.75, 3.05) is 36.4 Å². The number of nitrogens with one attached hydrogen (secondary N) is 1. The molecule has 3 aromatic rings. The van der Waals surface area contributed by atoms with E-state index in [4.69, 9.17) is 0 Å². The molecule has 29 heavy (non-hydrogen) atoms. The summed E-state index contributed by atoms with van der Waals surface area (Å²) in [5.74, 6) is 1.85. The largest absolute Gasteiger partial charge is 0.353 e. The first-order valence-corrected chi connectivity index (χ1v) is 9.43. The smallest absolute Gasteiger partial charge is 0.321 e. The van der Waals surface area contributed by atoms with Crippen LogP contribution in [-0.4, -0.2) is 56.9 Å². The van der Waals surface area contributed by atoms with Gasteiger partial charge in [0, 0.05) is 55.9 Å². The molecule has 4 rings (SSSR count). The van der Waals surface area contributed by atoms with Crippen LogP contribution in [0.5, 0.6) is 0 Å². The monoisotopic (exact) mass is 395 g/mol. The van der Waals surface area contributed by atoms with E-state index in [1.165, 1.54) is 6.07 Å². The van der Waals surface area contributed by atoms with Crippen molar-refractivity contribution in [3.8, 4) is 5.82 Å². The Morgan fingerprint density at radius 2 is 1.83 bits per heavy atom. The third-order valence-electron chi connectivity index (χ3n) is 4.95. The van der Waals surface area contributed by atoms with E-state index in [1.807, 2.05) is 25.3 Å².